The molecule has 1 atom stereocenters. The van der Waals surface area contributed by atoms with Gasteiger partial charge >= 0.3 is 5.97 Å². The Bertz CT molecular complexity index is 1050. The molecule has 0 saturated carbocycles. The van der Waals surface area contributed by atoms with Crippen LogP contribution in [0, 0.1) is 5.82 Å². The van der Waals surface area contributed by atoms with Crippen LogP contribution in [0.4, 0.5) is 4.39 Å². The Balaban J connectivity index is 1.60. The second-order valence-corrected chi connectivity index (χ2v) is 7.40. The molecule has 0 radical (unpaired) electrons. The van der Waals surface area contributed by atoms with Crippen LogP contribution in [0.2, 0.25) is 0 Å². The lowest BCUT2D eigenvalue weighted by Crippen LogP contribution is -2.34. The van der Waals surface area contributed by atoms with Gasteiger partial charge in [0.05, 0.1) is 11.1 Å². The lowest BCUT2D eigenvalue weighted by atomic mass is 10.1. The van der Waals surface area contributed by atoms with E-state index in [1.165, 1.54) is 24.3 Å². The van der Waals surface area contributed by atoms with Crippen molar-refractivity contribution < 1.29 is 23.6 Å². The van der Waals surface area contributed by atoms with E-state index in [0.717, 1.165) is 11.8 Å². The summed E-state index contributed by atoms with van der Waals surface area (Å²) in [6.45, 7) is 0. The summed E-state index contributed by atoms with van der Waals surface area (Å²) in [4.78, 5) is 43.8. The quantitative estimate of drug-likeness (QED) is 0.463. The average Bonchev–Trinajstić information content (AvgIpc) is 2.99. The molecule has 144 valence electrons. The Morgan fingerprint density at radius 1 is 0.828 bits per heavy atom. The molecular formula is C22H14FNO4S. The number of benzene rings is 3. The third kappa shape index (κ3) is 3.77. The normalized spacial score (nSPS) is 13.9. The van der Waals surface area contributed by atoms with Crippen molar-refractivity contribution >= 4 is 29.5 Å². The maximum atomic E-state index is 13.2. The molecule has 29 heavy (non-hydrogen) atoms. The number of halogens is 1. The van der Waals surface area contributed by atoms with Gasteiger partial charge in [0.15, 0.2) is 0 Å². The number of nitrogens with zero attached hydrogens (tertiary/aromatic N) is 1. The van der Waals surface area contributed by atoms with E-state index in [9.17, 15) is 18.8 Å². The molecule has 0 fully saturated rings. The van der Waals surface area contributed by atoms with Crippen LogP contribution in [0.1, 0.15) is 31.5 Å². The van der Waals surface area contributed by atoms with Crippen LogP contribution in [-0.2, 0) is 9.63 Å². The summed E-state index contributed by atoms with van der Waals surface area (Å²) in [7, 11) is 0. The molecule has 0 saturated heterocycles. The number of hydrogen-bond donors (Lipinski definition) is 0. The maximum absolute atomic E-state index is 13.2. The van der Waals surface area contributed by atoms with Gasteiger partial charge in [0.2, 0.25) is 0 Å². The van der Waals surface area contributed by atoms with Crippen molar-refractivity contribution in [3.05, 3.63) is 101 Å². The molecule has 0 bridgehead atoms. The number of hydroxylamine groups is 2. The fourth-order valence-corrected chi connectivity index (χ4v) is 3.92. The highest BCUT2D eigenvalue weighted by molar-refractivity contribution is 8.00. The average molecular weight is 407 g/mol. The van der Waals surface area contributed by atoms with Gasteiger partial charge in [-0.1, -0.05) is 47.5 Å². The zero-order valence-electron chi connectivity index (χ0n) is 14.9. The van der Waals surface area contributed by atoms with E-state index >= 15 is 0 Å². The molecule has 2 amide bonds. The third-order valence-electron chi connectivity index (χ3n) is 4.32. The second kappa shape index (κ2) is 7.89. The summed E-state index contributed by atoms with van der Waals surface area (Å²) >= 11 is 1.14. The molecule has 4 rings (SSSR count). The number of hydrogen-bond acceptors (Lipinski definition) is 5. The first-order valence-corrected chi connectivity index (χ1v) is 9.59. The van der Waals surface area contributed by atoms with Crippen LogP contribution < -0.4 is 0 Å². The molecule has 1 unspecified atom stereocenters. The van der Waals surface area contributed by atoms with Gasteiger partial charge in [0.25, 0.3) is 11.8 Å². The third-order valence-corrected chi connectivity index (χ3v) is 5.57. The predicted molar refractivity (Wildman–Crippen MR) is 104 cm³/mol. The van der Waals surface area contributed by atoms with Gasteiger partial charge in [-0.05, 0) is 42.0 Å². The van der Waals surface area contributed by atoms with Crippen molar-refractivity contribution in [2.45, 2.75) is 10.1 Å². The number of imide groups is 1. The Morgan fingerprint density at radius 3 is 1.97 bits per heavy atom. The van der Waals surface area contributed by atoms with Crippen LogP contribution >= 0.6 is 11.8 Å². The monoisotopic (exact) mass is 407 g/mol. The Kier molecular flexibility index (Phi) is 5.14. The highest BCUT2D eigenvalue weighted by Gasteiger charge is 2.40. The van der Waals surface area contributed by atoms with Crippen molar-refractivity contribution in [2.24, 2.45) is 0 Å². The van der Waals surface area contributed by atoms with Crippen LogP contribution in [0.25, 0.3) is 0 Å². The Labute approximate surface area is 170 Å². The predicted octanol–water partition coefficient (Wildman–Crippen LogP) is 4.41. The molecule has 0 aromatic heterocycles. The Morgan fingerprint density at radius 2 is 1.38 bits per heavy atom. The lowest BCUT2D eigenvalue weighted by molar-refractivity contribution is -0.167. The minimum atomic E-state index is -0.856. The van der Waals surface area contributed by atoms with Gasteiger partial charge in [0, 0.05) is 4.90 Å². The number of thioether (sulfide) groups is 1. The smallest absolute Gasteiger partial charge is 0.328 e. The van der Waals surface area contributed by atoms with Gasteiger partial charge in [-0.2, -0.15) is 0 Å². The number of carbonyl (C=O) groups excluding carboxylic acids is 3. The van der Waals surface area contributed by atoms with Gasteiger partial charge < -0.3 is 4.84 Å². The number of carbonyl (C=O) groups is 3. The molecule has 0 aliphatic carbocycles. The lowest BCUT2D eigenvalue weighted by Gasteiger charge is -2.19. The molecule has 1 aliphatic heterocycles. The van der Waals surface area contributed by atoms with E-state index in [1.54, 1.807) is 54.6 Å². The minimum Gasteiger partial charge on any atom is -0.328 e. The first kappa shape index (κ1) is 18.9. The van der Waals surface area contributed by atoms with E-state index in [1.807, 2.05) is 0 Å². The summed E-state index contributed by atoms with van der Waals surface area (Å²) in [5.74, 6) is -2.53. The molecular weight excluding hydrogens is 393 g/mol. The summed E-state index contributed by atoms with van der Waals surface area (Å²) in [5.41, 5.74) is 1.00. The summed E-state index contributed by atoms with van der Waals surface area (Å²) < 4.78 is 13.2. The van der Waals surface area contributed by atoms with E-state index in [-0.39, 0.29) is 16.9 Å². The summed E-state index contributed by atoms with van der Waals surface area (Å²) in [6, 6.07) is 20.8. The van der Waals surface area contributed by atoms with Gasteiger partial charge in [-0.25, -0.2) is 9.18 Å². The highest BCUT2D eigenvalue weighted by Crippen LogP contribution is 2.37. The minimum absolute atomic E-state index is 0.188. The zero-order chi connectivity index (χ0) is 20.4. The van der Waals surface area contributed by atoms with Gasteiger partial charge in [0.1, 0.15) is 11.1 Å². The van der Waals surface area contributed by atoms with Crippen LogP contribution in [0.5, 0.6) is 0 Å². The zero-order valence-corrected chi connectivity index (χ0v) is 15.8. The van der Waals surface area contributed by atoms with E-state index < -0.39 is 23.0 Å². The number of fused-ring (bicyclic) bond motifs is 1. The van der Waals surface area contributed by atoms with Crippen molar-refractivity contribution in [1.82, 2.24) is 5.06 Å². The molecule has 5 nitrogen and oxygen atoms in total. The molecule has 3 aromatic carbocycles. The summed E-state index contributed by atoms with van der Waals surface area (Å²) in [6.07, 6.45) is 0. The standard InChI is InChI=1S/C22H14FNO4S/c23-15-10-12-16(13-11-15)29-19(14-6-2-1-3-7-14)22(27)28-24-20(25)17-8-4-5-9-18(17)21(24)26/h1-13,19H. The largest absolute Gasteiger partial charge is 0.350 e. The van der Waals surface area contributed by atoms with Crippen LogP contribution in [-0.4, -0.2) is 22.8 Å². The fraction of sp³-hybridized carbons (Fsp3) is 0.0455. The molecule has 0 spiro atoms. The molecule has 0 N–H and O–H groups in total. The van der Waals surface area contributed by atoms with Gasteiger partial charge in [-0.15, -0.1) is 11.8 Å². The molecule has 1 aliphatic rings. The SMILES string of the molecule is O=C(ON1C(=O)c2ccccc2C1=O)C(Sc1ccc(F)cc1)c1ccccc1. The van der Waals surface area contributed by atoms with Crippen LogP contribution in [0.3, 0.4) is 0 Å². The van der Waals surface area contributed by atoms with E-state index in [2.05, 4.69) is 0 Å². The second-order valence-electron chi connectivity index (χ2n) is 6.22. The van der Waals surface area contributed by atoms with Crippen molar-refractivity contribution in [2.75, 3.05) is 0 Å². The van der Waals surface area contributed by atoms with E-state index in [0.29, 0.717) is 15.5 Å². The number of rotatable bonds is 5. The van der Waals surface area contributed by atoms with Crippen molar-refractivity contribution in [3.8, 4) is 0 Å². The van der Waals surface area contributed by atoms with Crippen molar-refractivity contribution in [3.63, 3.8) is 0 Å². The summed E-state index contributed by atoms with van der Waals surface area (Å²) in [5, 5.41) is -0.361. The topological polar surface area (TPSA) is 63.7 Å². The molecule has 1 heterocycles. The first-order chi connectivity index (χ1) is 14.0. The number of amides is 2. The first-order valence-electron chi connectivity index (χ1n) is 8.71. The molecule has 7 heteroatoms. The maximum Gasteiger partial charge on any atom is 0.350 e. The van der Waals surface area contributed by atoms with Gasteiger partial charge in [-0.3, -0.25) is 9.59 Å². The molecule has 3 aromatic rings. The Hall–Kier alpha value is -3.45. The van der Waals surface area contributed by atoms with E-state index in [4.69, 9.17) is 4.84 Å². The highest BCUT2D eigenvalue weighted by atomic mass is 32.2. The van der Waals surface area contributed by atoms with Crippen LogP contribution in [0.15, 0.2) is 83.8 Å². The fourth-order valence-electron chi connectivity index (χ4n) is 2.92. The van der Waals surface area contributed by atoms with Crippen molar-refractivity contribution in [1.29, 1.82) is 0 Å².